The second-order valence-corrected chi connectivity index (χ2v) is 6.22. The first kappa shape index (κ1) is 12.9. The first-order valence-electron chi connectivity index (χ1n) is 6.76. The van der Waals surface area contributed by atoms with Crippen LogP contribution in [0.15, 0.2) is 16.7 Å². The Morgan fingerprint density at radius 1 is 1.37 bits per heavy atom. The second-order valence-electron chi connectivity index (χ2n) is 5.31. The number of nitrogens with zero attached hydrogens (tertiary/aromatic N) is 2. The smallest absolute Gasteiger partial charge is 0.269 e. The van der Waals surface area contributed by atoms with E-state index < -0.39 is 0 Å². The Morgan fingerprint density at radius 3 is 2.84 bits per heavy atom. The molecule has 5 heteroatoms. The molecular weight excluding hydrogens is 308 g/mol. The predicted molar refractivity (Wildman–Crippen MR) is 76.3 cm³/mol. The number of carbonyl (C=O) groups is 1. The zero-order chi connectivity index (χ0) is 13.4. The third-order valence-corrected chi connectivity index (χ3v) is 4.46. The van der Waals surface area contributed by atoms with Crippen molar-refractivity contribution < 1.29 is 9.53 Å². The van der Waals surface area contributed by atoms with Crippen molar-refractivity contribution in [2.75, 3.05) is 11.9 Å². The summed E-state index contributed by atoms with van der Waals surface area (Å²) in [6.45, 7) is 0. The SMILES string of the molecule is CN1C(=O)C(C2CCCCC2)Oc2cc(Br)cnc21. The van der Waals surface area contributed by atoms with Crippen LogP contribution >= 0.6 is 15.9 Å². The lowest BCUT2D eigenvalue weighted by molar-refractivity contribution is -0.129. The quantitative estimate of drug-likeness (QED) is 0.797. The molecular formula is C14H17BrN2O2. The van der Waals surface area contributed by atoms with Gasteiger partial charge in [0.15, 0.2) is 17.7 Å². The van der Waals surface area contributed by atoms with Crippen molar-refractivity contribution in [1.29, 1.82) is 0 Å². The second kappa shape index (κ2) is 5.12. The molecule has 1 unspecified atom stereocenters. The molecule has 1 aromatic heterocycles. The molecule has 2 aliphatic rings. The first-order valence-corrected chi connectivity index (χ1v) is 7.56. The summed E-state index contributed by atoms with van der Waals surface area (Å²) in [5.74, 6) is 1.69. The molecule has 1 fully saturated rings. The summed E-state index contributed by atoms with van der Waals surface area (Å²) in [6, 6.07) is 1.89. The van der Waals surface area contributed by atoms with Crippen LogP contribution in [0.3, 0.4) is 0 Å². The summed E-state index contributed by atoms with van der Waals surface area (Å²) in [5.41, 5.74) is 0. The van der Waals surface area contributed by atoms with E-state index in [1.54, 1.807) is 18.1 Å². The zero-order valence-electron chi connectivity index (χ0n) is 10.9. The van der Waals surface area contributed by atoms with Gasteiger partial charge in [0.05, 0.1) is 0 Å². The summed E-state index contributed by atoms with van der Waals surface area (Å²) in [6.07, 6.45) is 7.19. The fourth-order valence-electron chi connectivity index (χ4n) is 2.97. The van der Waals surface area contributed by atoms with Crippen LogP contribution in [0.4, 0.5) is 5.82 Å². The average molecular weight is 325 g/mol. The molecule has 1 aromatic rings. The lowest BCUT2D eigenvalue weighted by atomic mass is 9.84. The van der Waals surface area contributed by atoms with Gasteiger partial charge < -0.3 is 4.74 Å². The zero-order valence-corrected chi connectivity index (χ0v) is 12.5. The van der Waals surface area contributed by atoms with E-state index in [-0.39, 0.29) is 12.0 Å². The van der Waals surface area contributed by atoms with Gasteiger partial charge in [0, 0.05) is 23.6 Å². The minimum Gasteiger partial charge on any atom is -0.476 e. The number of aromatic nitrogens is 1. The highest BCUT2D eigenvalue weighted by molar-refractivity contribution is 9.10. The molecule has 0 N–H and O–H groups in total. The Morgan fingerprint density at radius 2 is 2.11 bits per heavy atom. The number of carbonyl (C=O) groups excluding carboxylic acids is 1. The van der Waals surface area contributed by atoms with Crippen LogP contribution in [0.25, 0.3) is 0 Å². The van der Waals surface area contributed by atoms with Crippen molar-refractivity contribution in [2.45, 2.75) is 38.2 Å². The lowest BCUT2D eigenvalue weighted by Crippen LogP contribution is -2.48. The van der Waals surface area contributed by atoms with Crippen molar-refractivity contribution in [2.24, 2.45) is 5.92 Å². The Labute approximate surface area is 121 Å². The van der Waals surface area contributed by atoms with Crippen LogP contribution in [0.2, 0.25) is 0 Å². The van der Waals surface area contributed by atoms with Gasteiger partial charge in [0.25, 0.3) is 5.91 Å². The van der Waals surface area contributed by atoms with Crippen LogP contribution in [0.5, 0.6) is 5.75 Å². The molecule has 19 heavy (non-hydrogen) atoms. The maximum absolute atomic E-state index is 12.4. The summed E-state index contributed by atoms with van der Waals surface area (Å²) in [5, 5.41) is 0. The van der Waals surface area contributed by atoms with E-state index in [9.17, 15) is 4.79 Å². The van der Waals surface area contributed by atoms with Gasteiger partial charge in [0.1, 0.15) is 0 Å². The van der Waals surface area contributed by atoms with Gasteiger partial charge in [-0.15, -0.1) is 0 Å². The number of hydrogen-bond donors (Lipinski definition) is 0. The van der Waals surface area contributed by atoms with E-state index in [1.165, 1.54) is 19.3 Å². The molecule has 1 saturated carbocycles. The van der Waals surface area contributed by atoms with Gasteiger partial charge >= 0.3 is 0 Å². The number of fused-ring (bicyclic) bond motifs is 1. The minimum absolute atomic E-state index is 0.0363. The third-order valence-electron chi connectivity index (χ3n) is 4.02. The molecule has 0 bridgehead atoms. The van der Waals surface area contributed by atoms with E-state index in [1.807, 2.05) is 6.07 Å². The van der Waals surface area contributed by atoms with E-state index in [4.69, 9.17) is 4.74 Å². The monoisotopic (exact) mass is 324 g/mol. The van der Waals surface area contributed by atoms with E-state index in [2.05, 4.69) is 20.9 Å². The molecule has 2 heterocycles. The van der Waals surface area contributed by atoms with Gasteiger partial charge in [-0.25, -0.2) is 4.98 Å². The predicted octanol–water partition coefficient (Wildman–Crippen LogP) is 3.15. The number of pyridine rings is 1. The summed E-state index contributed by atoms with van der Waals surface area (Å²) >= 11 is 3.40. The molecule has 0 saturated heterocycles. The van der Waals surface area contributed by atoms with Crippen molar-refractivity contribution in [3.63, 3.8) is 0 Å². The highest BCUT2D eigenvalue weighted by Gasteiger charge is 2.38. The van der Waals surface area contributed by atoms with Crippen molar-refractivity contribution >= 4 is 27.7 Å². The van der Waals surface area contributed by atoms with Gasteiger partial charge in [0.2, 0.25) is 0 Å². The molecule has 3 rings (SSSR count). The maximum Gasteiger partial charge on any atom is 0.269 e. The van der Waals surface area contributed by atoms with E-state index in [0.717, 1.165) is 17.3 Å². The number of anilines is 1. The summed E-state index contributed by atoms with van der Waals surface area (Å²) < 4.78 is 6.82. The Balaban J connectivity index is 1.90. The van der Waals surface area contributed by atoms with Gasteiger partial charge in [-0.05, 0) is 34.8 Å². The highest BCUT2D eigenvalue weighted by atomic mass is 79.9. The molecule has 0 aromatic carbocycles. The molecule has 1 aliphatic heterocycles. The highest BCUT2D eigenvalue weighted by Crippen LogP contribution is 2.38. The fraction of sp³-hybridized carbons (Fsp3) is 0.571. The van der Waals surface area contributed by atoms with E-state index >= 15 is 0 Å². The third kappa shape index (κ3) is 2.36. The molecule has 0 radical (unpaired) electrons. The average Bonchev–Trinajstić information content (AvgIpc) is 2.43. The number of rotatable bonds is 1. The molecule has 4 nitrogen and oxygen atoms in total. The van der Waals surface area contributed by atoms with Crippen molar-refractivity contribution in [1.82, 2.24) is 4.98 Å². The van der Waals surface area contributed by atoms with Crippen LogP contribution in [0.1, 0.15) is 32.1 Å². The molecule has 1 atom stereocenters. The summed E-state index contributed by atoms with van der Waals surface area (Å²) in [4.78, 5) is 18.3. The number of likely N-dealkylation sites (N-methyl/N-ethyl adjacent to an activating group) is 1. The van der Waals surface area contributed by atoms with Crippen LogP contribution in [-0.2, 0) is 4.79 Å². The Bertz CT molecular complexity index is 500. The molecule has 0 spiro atoms. The number of halogens is 1. The van der Waals surface area contributed by atoms with Gasteiger partial charge in [-0.2, -0.15) is 0 Å². The Kier molecular flexibility index (Phi) is 3.48. The van der Waals surface area contributed by atoms with E-state index in [0.29, 0.717) is 17.5 Å². The number of hydrogen-bond acceptors (Lipinski definition) is 3. The van der Waals surface area contributed by atoms with Crippen LogP contribution in [-0.4, -0.2) is 24.0 Å². The lowest BCUT2D eigenvalue weighted by Gasteiger charge is -2.36. The topological polar surface area (TPSA) is 42.4 Å². The number of ether oxygens (including phenoxy) is 1. The standard InChI is InChI=1S/C14H17BrN2O2/c1-17-13-11(7-10(15)8-16-13)19-12(14(17)18)9-5-3-2-4-6-9/h7-9,12H,2-6H2,1H3. The molecule has 1 amide bonds. The molecule has 1 aliphatic carbocycles. The Hall–Kier alpha value is -1.10. The van der Waals surface area contributed by atoms with Gasteiger partial charge in [-0.1, -0.05) is 19.3 Å². The normalized spacial score (nSPS) is 24.0. The van der Waals surface area contributed by atoms with Crippen LogP contribution < -0.4 is 9.64 Å². The molecule has 102 valence electrons. The van der Waals surface area contributed by atoms with Gasteiger partial charge in [-0.3, -0.25) is 9.69 Å². The first-order chi connectivity index (χ1) is 9.16. The summed E-state index contributed by atoms with van der Waals surface area (Å²) in [7, 11) is 1.78. The van der Waals surface area contributed by atoms with Crippen molar-refractivity contribution in [3.05, 3.63) is 16.7 Å². The maximum atomic E-state index is 12.4. The minimum atomic E-state index is -0.339. The largest absolute Gasteiger partial charge is 0.476 e. The van der Waals surface area contributed by atoms with Crippen LogP contribution in [0, 0.1) is 5.92 Å². The fourth-order valence-corrected chi connectivity index (χ4v) is 3.28. The van der Waals surface area contributed by atoms with Crippen molar-refractivity contribution in [3.8, 4) is 5.75 Å². The number of amides is 1.